The molecule has 26 valence electrons. The van der Waals surface area contributed by atoms with Crippen LogP contribution < -0.4 is 5.32 Å². The number of rotatable bonds is 1. The van der Waals surface area contributed by atoms with Gasteiger partial charge < -0.3 is 5.32 Å². The summed E-state index contributed by atoms with van der Waals surface area (Å²) in [6, 6.07) is 0. The number of hydrogen-bond donors (Lipinski definition) is 1. The zero-order chi connectivity index (χ0) is 4.12. The van der Waals surface area contributed by atoms with E-state index in [1.165, 1.54) is 0 Å². The van der Waals surface area contributed by atoms with Crippen molar-refractivity contribution in [3.63, 3.8) is 0 Å². The van der Waals surface area contributed by atoms with E-state index in [1.807, 2.05) is 6.92 Å². The van der Waals surface area contributed by atoms with Crippen molar-refractivity contribution in [1.29, 1.82) is 0 Å². The Balaban J connectivity index is 2.19. The van der Waals surface area contributed by atoms with Gasteiger partial charge in [0, 0.05) is 1.37 Å². The highest BCUT2D eigenvalue weighted by molar-refractivity contribution is 4.15. The molecule has 0 fully saturated rings. The van der Waals surface area contributed by atoms with Crippen LogP contribution in [0.15, 0.2) is 0 Å². The molecule has 0 aliphatic rings. The average Bonchev–Trinajstić information content (AvgIpc) is 1.41. The highest BCUT2D eigenvalue weighted by atomic mass is 14.8. The molecule has 0 saturated carbocycles. The molecule has 0 atom stereocenters. The molecule has 0 saturated heterocycles. The van der Waals surface area contributed by atoms with Crippen LogP contribution in [0.2, 0.25) is 0 Å². The normalized spacial score (nSPS) is 10.8. The van der Waals surface area contributed by atoms with Crippen molar-refractivity contribution in [2.24, 2.45) is 0 Å². The van der Waals surface area contributed by atoms with Crippen LogP contribution in [0.3, 0.4) is 0 Å². The van der Waals surface area contributed by atoms with E-state index in [1.54, 1.807) is 0 Å². The fourth-order valence-electron chi connectivity index (χ4n) is 0. The van der Waals surface area contributed by atoms with E-state index in [2.05, 4.69) is 5.32 Å². The van der Waals surface area contributed by atoms with E-state index in [-0.39, 0.29) is 0 Å². The maximum atomic E-state index is 6.49. The van der Waals surface area contributed by atoms with Gasteiger partial charge in [-0.15, -0.1) is 0 Å². The Morgan fingerprint density at radius 1 is 2.25 bits per heavy atom. The van der Waals surface area contributed by atoms with Crippen LogP contribution in [0.1, 0.15) is 8.29 Å². The second-order valence-corrected chi connectivity index (χ2v) is 0.604. The van der Waals surface area contributed by atoms with E-state index >= 15 is 0 Å². The number of hydrogen-bond acceptors (Lipinski definition) is 1. The first-order chi connectivity index (χ1) is 2.41. The topological polar surface area (TPSA) is 12.0 Å². The highest BCUT2D eigenvalue weighted by Gasteiger charge is 1.50. The van der Waals surface area contributed by atoms with E-state index in [9.17, 15) is 0 Å². The Morgan fingerprint density at radius 2 is 3.00 bits per heavy atom. The minimum absolute atomic E-state index is 0.344. The molecule has 1 N–H and O–H groups in total. The minimum atomic E-state index is 0.344. The van der Waals surface area contributed by atoms with Gasteiger partial charge in [0.05, 0.1) is 0 Å². The van der Waals surface area contributed by atoms with Crippen molar-refractivity contribution in [1.82, 2.24) is 5.32 Å². The Morgan fingerprint density at radius 3 is 3.00 bits per heavy atom. The predicted octanol–water partition coefficient (Wildman–Crippen LogP) is 0.226. The largest absolute Gasteiger partial charge is 0.320 e. The molecule has 0 aliphatic carbocycles. The first kappa shape index (κ1) is 2.21. The first-order valence-electron chi connectivity index (χ1n) is 2.12. The molecular formula is C3H9N. The molecule has 0 aromatic rings. The molecule has 0 aliphatic heterocycles. The number of nitrogens with one attached hydrogen (secondary N) is 1. The maximum Gasteiger partial charge on any atom is 0.0391 e. The highest BCUT2D eigenvalue weighted by Crippen LogP contribution is 1.34. The third-order valence-corrected chi connectivity index (χ3v) is 0.250. The molecule has 1 heteroatoms. The summed E-state index contributed by atoms with van der Waals surface area (Å²) in [6.45, 7) is 2.89. The monoisotopic (exact) mass is 61.1 g/mol. The molecule has 0 aromatic heterocycles. The summed E-state index contributed by atoms with van der Waals surface area (Å²) in [6.07, 6.45) is 0. The zero-order valence-electron chi connectivity index (χ0n) is 3.91. The molecule has 0 radical (unpaired) electrons. The molecule has 0 aromatic carbocycles. The smallest absolute Gasteiger partial charge is 0.0391 e. The van der Waals surface area contributed by atoms with E-state index in [0.717, 1.165) is 6.54 Å². The van der Waals surface area contributed by atoms with Gasteiger partial charge in [-0.05, 0) is 13.6 Å². The van der Waals surface area contributed by atoms with Gasteiger partial charge in [-0.2, -0.15) is 0 Å². The van der Waals surface area contributed by atoms with Gasteiger partial charge in [-0.1, -0.05) is 6.92 Å². The van der Waals surface area contributed by atoms with Crippen LogP contribution in [0.25, 0.3) is 0 Å². The summed E-state index contributed by atoms with van der Waals surface area (Å²) in [7, 11) is 0.344. The molecule has 0 spiro atoms. The third-order valence-electron chi connectivity index (χ3n) is 0.250. The Labute approximate surface area is 28.4 Å². The van der Waals surface area contributed by atoms with Crippen LogP contribution in [0, 0.1) is 0 Å². The van der Waals surface area contributed by atoms with Crippen LogP contribution in [-0.2, 0) is 0 Å². The Bertz CT molecular complexity index is 14.4. The summed E-state index contributed by atoms with van der Waals surface area (Å²) < 4.78 is 6.49. The summed E-state index contributed by atoms with van der Waals surface area (Å²) in [4.78, 5) is 0. The van der Waals surface area contributed by atoms with Gasteiger partial charge in [0.1, 0.15) is 0 Å². The van der Waals surface area contributed by atoms with Crippen LogP contribution in [0.4, 0.5) is 0 Å². The van der Waals surface area contributed by atoms with Crippen molar-refractivity contribution in [3.05, 3.63) is 0 Å². The van der Waals surface area contributed by atoms with Crippen molar-refractivity contribution >= 4 is 0 Å². The molecule has 1 nitrogen and oxygen atoms in total. The molecule has 4 heavy (non-hydrogen) atoms. The lowest BCUT2D eigenvalue weighted by Crippen LogP contribution is -2.01. The second-order valence-electron chi connectivity index (χ2n) is 0.604. The van der Waals surface area contributed by atoms with Crippen LogP contribution in [-0.4, -0.2) is 13.6 Å². The zero-order valence-corrected chi connectivity index (χ0v) is 2.91. The first-order valence-corrected chi connectivity index (χ1v) is 1.41. The summed E-state index contributed by atoms with van der Waals surface area (Å²) >= 11 is 0. The van der Waals surface area contributed by atoms with Gasteiger partial charge in [0.2, 0.25) is 0 Å². The fourth-order valence-corrected chi connectivity index (χ4v) is 0. The van der Waals surface area contributed by atoms with Crippen LogP contribution >= 0.6 is 0 Å². The molecule has 0 amide bonds. The lowest BCUT2D eigenvalue weighted by molar-refractivity contribution is 0.864. The van der Waals surface area contributed by atoms with Crippen molar-refractivity contribution in [2.75, 3.05) is 13.6 Å². The van der Waals surface area contributed by atoms with Gasteiger partial charge >= 0.3 is 0 Å². The Hall–Kier alpha value is -0.0400. The minimum Gasteiger partial charge on any atom is -0.320 e. The lowest BCUT2D eigenvalue weighted by Gasteiger charge is -1.76. The Kier molecular flexibility index (Phi) is 1.64. The van der Waals surface area contributed by atoms with Gasteiger partial charge in [0.25, 0.3) is 0 Å². The van der Waals surface area contributed by atoms with E-state index in [0.29, 0.717) is 7.02 Å². The van der Waals surface area contributed by atoms with Crippen molar-refractivity contribution in [2.45, 2.75) is 6.92 Å². The van der Waals surface area contributed by atoms with Crippen LogP contribution in [0.5, 0.6) is 0 Å². The average molecular weight is 61.1 g/mol. The van der Waals surface area contributed by atoms with Gasteiger partial charge in [-0.25, -0.2) is 0 Å². The molecule has 0 heterocycles. The van der Waals surface area contributed by atoms with Gasteiger partial charge in [-0.3, -0.25) is 0 Å². The maximum absolute atomic E-state index is 6.49. The summed E-state index contributed by atoms with van der Waals surface area (Å²) in [5.41, 5.74) is 0. The van der Waals surface area contributed by atoms with E-state index in [4.69, 9.17) is 1.37 Å². The van der Waals surface area contributed by atoms with Crippen molar-refractivity contribution in [3.8, 4) is 0 Å². The second kappa shape index (κ2) is 2.96. The van der Waals surface area contributed by atoms with Crippen molar-refractivity contribution < 1.29 is 1.37 Å². The third kappa shape index (κ3) is 1.96. The standard InChI is InChI=1S/C3H9N/c1-3-4-2/h4H,3H2,1-2H3/i2T. The molecule has 0 unspecified atom stereocenters. The van der Waals surface area contributed by atoms with E-state index < -0.39 is 0 Å². The summed E-state index contributed by atoms with van der Waals surface area (Å²) in [5.74, 6) is 0. The molecular weight excluding hydrogens is 50.0 g/mol. The summed E-state index contributed by atoms with van der Waals surface area (Å²) in [5, 5.41) is 2.78. The van der Waals surface area contributed by atoms with Gasteiger partial charge in [0.15, 0.2) is 0 Å². The SMILES string of the molecule is [3H]CNCC. The quantitative estimate of drug-likeness (QED) is 0.457. The molecule has 0 rings (SSSR count). The lowest BCUT2D eigenvalue weighted by atomic mass is 10.8. The molecule has 0 bridgehead atoms. The predicted molar refractivity (Wildman–Crippen MR) is 19.6 cm³/mol. The fraction of sp³-hybridized carbons (Fsp3) is 1.00.